The first kappa shape index (κ1) is 19.8. The van der Waals surface area contributed by atoms with Crippen LogP contribution in [0.2, 0.25) is 0 Å². The summed E-state index contributed by atoms with van der Waals surface area (Å²) in [7, 11) is -3.70. The van der Waals surface area contributed by atoms with E-state index in [9.17, 15) is 12.8 Å². The summed E-state index contributed by atoms with van der Waals surface area (Å²) in [6, 6.07) is 16.0. The number of benzene rings is 2. The maximum absolute atomic E-state index is 12.9. The Morgan fingerprint density at radius 1 is 0.857 bits per heavy atom. The molecule has 146 valence electrons. The van der Waals surface area contributed by atoms with E-state index in [0.29, 0.717) is 17.2 Å². The van der Waals surface area contributed by atoms with Crippen molar-refractivity contribution < 1.29 is 12.8 Å². The molecule has 0 amide bonds. The third kappa shape index (κ3) is 4.86. The van der Waals surface area contributed by atoms with Gasteiger partial charge < -0.3 is 5.32 Å². The van der Waals surface area contributed by atoms with Crippen LogP contribution in [0.4, 0.5) is 21.6 Å². The van der Waals surface area contributed by atoms with E-state index in [1.54, 1.807) is 36.4 Å². The fourth-order valence-corrected chi connectivity index (χ4v) is 3.60. The van der Waals surface area contributed by atoms with Crippen molar-refractivity contribution in [3.05, 3.63) is 78.2 Å². The number of pyridine rings is 1. The van der Waals surface area contributed by atoms with Crippen LogP contribution >= 0.6 is 0 Å². The smallest absolute Gasteiger partial charge is 0.261 e. The van der Waals surface area contributed by atoms with Crippen LogP contribution in [-0.2, 0) is 15.4 Å². The minimum Gasteiger partial charge on any atom is -0.340 e. The molecule has 2 aromatic carbocycles. The molecule has 3 aromatic rings. The molecule has 0 atom stereocenters. The Bertz CT molecular complexity index is 1040. The Balaban J connectivity index is 1.71. The lowest BCUT2D eigenvalue weighted by Crippen LogP contribution is -2.15. The van der Waals surface area contributed by atoms with Gasteiger partial charge in [0.25, 0.3) is 10.0 Å². The lowest BCUT2D eigenvalue weighted by atomic mass is 9.87. The van der Waals surface area contributed by atoms with Crippen LogP contribution in [0.3, 0.4) is 0 Å². The van der Waals surface area contributed by atoms with E-state index in [1.165, 1.54) is 18.3 Å². The molecule has 0 aliphatic heterocycles. The van der Waals surface area contributed by atoms with Gasteiger partial charge in [-0.15, -0.1) is 0 Å². The normalized spacial score (nSPS) is 11.9. The van der Waals surface area contributed by atoms with Gasteiger partial charge >= 0.3 is 0 Å². The highest BCUT2D eigenvalue weighted by atomic mass is 32.2. The predicted molar refractivity (Wildman–Crippen MR) is 110 cm³/mol. The summed E-state index contributed by atoms with van der Waals surface area (Å²) in [5, 5.41) is 3.02. The highest BCUT2D eigenvalue weighted by Crippen LogP contribution is 2.24. The molecule has 2 N–H and O–H groups in total. The van der Waals surface area contributed by atoms with Crippen LogP contribution in [-0.4, -0.2) is 13.4 Å². The van der Waals surface area contributed by atoms with Gasteiger partial charge in [0.05, 0.1) is 16.8 Å². The number of aromatic nitrogens is 1. The molecule has 0 spiro atoms. The summed E-state index contributed by atoms with van der Waals surface area (Å²) in [4.78, 5) is 4.38. The molecular formula is C21H22FN3O2S. The zero-order valence-electron chi connectivity index (χ0n) is 15.9. The number of hydrogen-bond acceptors (Lipinski definition) is 4. The molecule has 3 rings (SSSR count). The zero-order valence-corrected chi connectivity index (χ0v) is 16.7. The van der Waals surface area contributed by atoms with Gasteiger partial charge in [0, 0.05) is 5.69 Å². The first-order valence-electron chi connectivity index (χ1n) is 8.75. The van der Waals surface area contributed by atoms with Crippen LogP contribution in [0.5, 0.6) is 0 Å². The highest BCUT2D eigenvalue weighted by molar-refractivity contribution is 7.92. The topological polar surface area (TPSA) is 71.1 Å². The maximum Gasteiger partial charge on any atom is 0.261 e. The first-order chi connectivity index (χ1) is 13.1. The predicted octanol–water partition coefficient (Wildman–Crippen LogP) is 5.06. The minimum absolute atomic E-state index is 0.0486. The maximum atomic E-state index is 12.9. The summed E-state index contributed by atoms with van der Waals surface area (Å²) in [5.41, 5.74) is 2.04. The summed E-state index contributed by atoms with van der Waals surface area (Å²) in [5.74, 6) is 0.197. The van der Waals surface area contributed by atoms with E-state index in [2.05, 4.69) is 35.8 Å². The fraction of sp³-hybridized carbons (Fsp3) is 0.190. The highest BCUT2D eigenvalue weighted by Gasteiger charge is 2.17. The van der Waals surface area contributed by atoms with Gasteiger partial charge in [-0.3, -0.25) is 4.72 Å². The van der Waals surface area contributed by atoms with E-state index < -0.39 is 10.0 Å². The molecule has 0 bridgehead atoms. The van der Waals surface area contributed by atoms with Crippen molar-refractivity contribution in [2.45, 2.75) is 31.1 Å². The number of rotatable bonds is 5. The third-order valence-electron chi connectivity index (χ3n) is 4.16. The third-order valence-corrected chi connectivity index (χ3v) is 5.56. The van der Waals surface area contributed by atoms with Gasteiger partial charge in [-0.05, 0) is 59.5 Å². The number of nitrogens with one attached hydrogen (secondary N) is 2. The van der Waals surface area contributed by atoms with E-state index in [1.807, 2.05) is 12.1 Å². The average Bonchev–Trinajstić information content (AvgIpc) is 2.64. The second kappa shape index (κ2) is 7.59. The summed E-state index contributed by atoms with van der Waals surface area (Å²) in [6.45, 7) is 6.21. The van der Waals surface area contributed by atoms with Crippen LogP contribution in [0.1, 0.15) is 26.3 Å². The minimum atomic E-state index is -3.70. The molecule has 0 unspecified atom stereocenters. The molecule has 1 heterocycles. The lowest BCUT2D eigenvalue weighted by molar-refractivity contribution is 0.587. The Kier molecular flexibility index (Phi) is 5.38. The van der Waals surface area contributed by atoms with Gasteiger partial charge in [-0.25, -0.2) is 17.8 Å². The number of halogens is 1. The number of anilines is 3. The van der Waals surface area contributed by atoms with Crippen molar-refractivity contribution >= 4 is 27.2 Å². The molecule has 28 heavy (non-hydrogen) atoms. The van der Waals surface area contributed by atoms with E-state index in [4.69, 9.17) is 0 Å². The van der Waals surface area contributed by atoms with Crippen molar-refractivity contribution in [2.75, 3.05) is 10.0 Å². The Morgan fingerprint density at radius 2 is 1.46 bits per heavy atom. The second-order valence-corrected chi connectivity index (χ2v) is 9.13. The molecule has 0 radical (unpaired) electrons. The van der Waals surface area contributed by atoms with Crippen LogP contribution in [0.25, 0.3) is 0 Å². The van der Waals surface area contributed by atoms with Crippen molar-refractivity contribution in [1.29, 1.82) is 0 Å². The number of nitrogens with zero attached hydrogens (tertiary/aromatic N) is 1. The molecular weight excluding hydrogens is 377 g/mol. The lowest BCUT2D eigenvalue weighted by Gasteiger charge is -2.19. The van der Waals surface area contributed by atoms with Gasteiger partial charge in [0.15, 0.2) is 0 Å². The average molecular weight is 399 g/mol. The van der Waals surface area contributed by atoms with E-state index >= 15 is 0 Å². The molecule has 0 saturated carbocycles. The molecule has 0 aliphatic carbocycles. The van der Waals surface area contributed by atoms with Gasteiger partial charge in [0.2, 0.25) is 0 Å². The quantitative estimate of drug-likeness (QED) is 0.629. The monoisotopic (exact) mass is 399 g/mol. The molecule has 5 nitrogen and oxygen atoms in total. The SMILES string of the molecule is CC(C)(C)c1ccc(S(=O)(=O)Nc2ccc(Nc3ccc(F)cc3)nc2)cc1. The summed E-state index contributed by atoms with van der Waals surface area (Å²) < 4.78 is 40.6. The summed E-state index contributed by atoms with van der Waals surface area (Å²) in [6.07, 6.45) is 1.42. The van der Waals surface area contributed by atoms with Gasteiger partial charge in [-0.1, -0.05) is 32.9 Å². The fourth-order valence-electron chi connectivity index (χ4n) is 2.56. The van der Waals surface area contributed by atoms with Gasteiger partial charge in [-0.2, -0.15) is 0 Å². The van der Waals surface area contributed by atoms with Crippen molar-refractivity contribution in [2.24, 2.45) is 0 Å². The first-order valence-corrected chi connectivity index (χ1v) is 10.2. The molecule has 7 heteroatoms. The second-order valence-electron chi connectivity index (χ2n) is 7.44. The molecule has 0 saturated heterocycles. The largest absolute Gasteiger partial charge is 0.340 e. The molecule has 0 fully saturated rings. The zero-order chi connectivity index (χ0) is 20.4. The van der Waals surface area contributed by atoms with E-state index in [0.717, 1.165) is 5.56 Å². The van der Waals surface area contributed by atoms with Crippen LogP contribution in [0.15, 0.2) is 71.8 Å². The molecule has 1 aromatic heterocycles. The van der Waals surface area contributed by atoms with Crippen molar-refractivity contribution in [3.63, 3.8) is 0 Å². The Labute approximate surface area is 164 Å². The van der Waals surface area contributed by atoms with Crippen molar-refractivity contribution in [3.8, 4) is 0 Å². The standard InChI is InChI=1S/C21H22FN3O2S/c1-21(2,3)15-4-11-19(12-5-15)28(26,27)25-18-10-13-20(23-14-18)24-17-8-6-16(22)7-9-17/h4-14,25H,1-3H3,(H,23,24). The van der Waals surface area contributed by atoms with Crippen LogP contribution < -0.4 is 10.0 Å². The van der Waals surface area contributed by atoms with Crippen LogP contribution in [0, 0.1) is 5.82 Å². The van der Waals surface area contributed by atoms with Crippen molar-refractivity contribution in [1.82, 2.24) is 4.98 Å². The van der Waals surface area contributed by atoms with E-state index in [-0.39, 0.29) is 16.1 Å². The Morgan fingerprint density at radius 3 is 2.00 bits per heavy atom. The number of sulfonamides is 1. The summed E-state index contributed by atoms with van der Waals surface area (Å²) >= 11 is 0. The molecule has 0 aliphatic rings. The number of hydrogen-bond donors (Lipinski definition) is 2. The van der Waals surface area contributed by atoms with Gasteiger partial charge in [0.1, 0.15) is 11.6 Å². The Hall–Kier alpha value is -2.93.